The predicted molar refractivity (Wildman–Crippen MR) is 67.9 cm³/mol. The molecule has 0 amide bonds. The average molecular weight is 282 g/mol. The fraction of sp³-hybridized carbons (Fsp3) is 0.273. The van der Waals surface area contributed by atoms with E-state index in [1.54, 1.807) is 6.07 Å². The Kier molecular flexibility index (Phi) is 2.71. The largest absolute Gasteiger partial charge is 0.335 e. The van der Waals surface area contributed by atoms with E-state index in [2.05, 4.69) is 20.9 Å². The molecular formula is C11H12BrN3O. The maximum Gasteiger partial charge on any atom is 0.279 e. The van der Waals surface area contributed by atoms with Crippen molar-refractivity contribution >= 4 is 26.8 Å². The molecule has 1 aromatic carbocycles. The van der Waals surface area contributed by atoms with Crippen LogP contribution in [0.3, 0.4) is 0 Å². The Morgan fingerprint density at radius 3 is 2.75 bits per heavy atom. The molecule has 5 heteroatoms. The van der Waals surface area contributed by atoms with Crippen LogP contribution in [-0.2, 0) is 0 Å². The molecule has 0 aliphatic rings. The first-order chi connectivity index (χ1) is 7.50. The summed E-state index contributed by atoms with van der Waals surface area (Å²) in [6, 6.07) is 5.41. The Morgan fingerprint density at radius 2 is 2.12 bits per heavy atom. The number of rotatable bonds is 1. The highest BCUT2D eigenvalue weighted by Gasteiger charge is 2.11. The van der Waals surface area contributed by atoms with Gasteiger partial charge in [-0.3, -0.25) is 4.79 Å². The molecule has 1 heterocycles. The van der Waals surface area contributed by atoms with Crippen molar-refractivity contribution in [3.8, 4) is 0 Å². The van der Waals surface area contributed by atoms with Crippen LogP contribution in [0.25, 0.3) is 10.9 Å². The van der Waals surface area contributed by atoms with Crippen molar-refractivity contribution in [2.45, 2.75) is 19.8 Å². The summed E-state index contributed by atoms with van der Waals surface area (Å²) < 4.78 is 1.97. The van der Waals surface area contributed by atoms with Crippen molar-refractivity contribution in [2.24, 2.45) is 0 Å². The minimum absolute atomic E-state index is 0.116. The SMILES string of the molecule is CC(C)c1nc2ccc(Br)cc2c(=O)n1N. The molecule has 4 nitrogen and oxygen atoms in total. The topological polar surface area (TPSA) is 60.9 Å². The van der Waals surface area contributed by atoms with E-state index in [9.17, 15) is 4.79 Å². The highest BCUT2D eigenvalue weighted by Crippen LogP contribution is 2.17. The van der Waals surface area contributed by atoms with Gasteiger partial charge in [0.25, 0.3) is 5.56 Å². The molecule has 2 aromatic rings. The first-order valence-corrected chi connectivity index (χ1v) is 5.77. The van der Waals surface area contributed by atoms with Gasteiger partial charge in [-0.1, -0.05) is 29.8 Å². The van der Waals surface area contributed by atoms with Gasteiger partial charge in [-0.2, -0.15) is 0 Å². The molecule has 0 aliphatic heterocycles. The molecule has 0 atom stereocenters. The summed E-state index contributed by atoms with van der Waals surface area (Å²) in [6.07, 6.45) is 0. The molecule has 0 aliphatic carbocycles. The highest BCUT2D eigenvalue weighted by atomic mass is 79.9. The lowest BCUT2D eigenvalue weighted by atomic mass is 10.2. The van der Waals surface area contributed by atoms with Crippen molar-refractivity contribution in [2.75, 3.05) is 5.84 Å². The molecular weight excluding hydrogens is 270 g/mol. The normalized spacial score (nSPS) is 11.2. The smallest absolute Gasteiger partial charge is 0.279 e. The zero-order valence-corrected chi connectivity index (χ0v) is 10.7. The van der Waals surface area contributed by atoms with Gasteiger partial charge in [0.2, 0.25) is 0 Å². The van der Waals surface area contributed by atoms with Crippen molar-refractivity contribution in [1.82, 2.24) is 9.66 Å². The molecule has 0 saturated heterocycles. The third-order valence-corrected chi connectivity index (χ3v) is 2.90. The van der Waals surface area contributed by atoms with E-state index in [0.29, 0.717) is 16.7 Å². The molecule has 84 valence electrons. The van der Waals surface area contributed by atoms with Crippen molar-refractivity contribution < 1.29 is 0 Å². The van der Waals surface area contributed by atoms with Gasteiger partial charge in [-0.25, -0.2) is 9.66 Å². The number of nitrogens with zero attached hydrogens (tertiary/aromatic N) is 2. The molecule has 2 N–H and O–H groups in total. The van der Waals surface area contributed by atoms with Crippen LogP contribution in [0.1, 0.15) is 25.6 Å². The molecule has 2 rings (SSSR count). The molecule has 0 spiro atoms. The summed E-state index contributed by atoms with van der Waals surface area (Å²) in [5.74, 6) is 6.44. The Bertz CT molecular complexity index is 604. The minimum atomic E-state index is -0.213. The lowest BCUT2D eigenvalue weighted by molar-refractivity contribution is 0.704. The number of hydrogen-bond acceptors (Lipinski definition) is 3. The lowest BCUT2D eigenvalue weighted by Gasteiger charge is -2.11. The molecule has 0 saturated carbocycles. The van der Waals surface area contributed by atoms with Gasteiger partial charge in [0.1, 0.15) is 5.82 Å². The lowest BCUT2D eigenvalue weighted by Crippen LogP contribution is -2.32. The zero-order valence-electron chi connectivity index (χ0n) is 9.07. The van der Waals surface area contributed by atoms with Crippen LogP contribution in [0.4, 0.5) is 0 Å². The van der Waals surface area contributed by atoms with E-state index in [-0.39, 0.29) is 11.5 Å². The summed E-state index contributed by atoms with van der Waals surface area (Å²) in [4.78, 5) is 16.4. The van der Waals surface area contributed by atoms with Gasteiger partial charge in [0, 0.05) is 10.4 Å². The highest BCUT2D eigenvalue weighted by molar-refractivity contribution is 9.10. The summed E-state index contributed by atoms with van der Waals surface area (Å²) in [6.45, 7) is 3.91. The number of aromatic nitrogens is 2. The average Bonchev–Trinajstić information content (AvgIpc) is 2.23. The summed E-state index contributed by atoms with van der Waals surface area (Å²) in [5.41, 5.74) is 0.466. The molecule has 0 fully saturated rings. The van der Waals surface area contributed by atoms with Crippen LogP contribution in [0, 0.1) is 0 Å². The predicted octanol–water partition coefficient (Wildman–Crippen LogP) is 2.00. The van der Waals surface area contributed by atoms with E-state index in [4.69, 9.17) is 5.84 Å². The van der Waals surface area contributed by atoms with Crippen LogP contribution in [0.15, 0.2) is 27.5 Å². The van der Waals surface area contributed by atoms with Gasteiger partial charge >= 0.3 is 0 Å². The van der Waals surface area contributed by atoms with E-state index in [1.807, 2.05) is 26.0 Å². The van der Waals surface area contributed by atoms with E-state index in [0.717, 1.165) is 9.15 Å². The quantitative estimate of drug-likeness (QED) is 0.814. The summed E-state index contributed by atoms with van der Waals surface area (Å²) >= 11 is 3.32. The zero-order chi connectivity index (χ0) is 11.9. The van der Waals surface area contributed by atoms with Gasteiger partial charge in [0.05, 0.1) is 10.9 Å². The van der Waals surface area contributed by atoms with E-state index in [1.165, 1.54) is 0 Å². The van der Waals surface area contributed by atoms with Gasteiger partial charge in [-0.15, -0.1) is 0 Å². The third-order valence-electron chi connectivity index (χ3n) is 2.41. The second-order valence-electron chi connectivity index (χ2n) is 3.96. The Hall–Kier alpha value is -1.36. The fourth-order valence-corrected chi connectivity index (χ4v) is 1.96. The second kappa shape index (κ2) is 3.90. The minimum Gasteiger partial charge on any atom is -0.335 e. The van der Waals surface area contributed by atoms with Crippen molar-refractivity contribution in [1.29, 1.82) is 0 Å². The summed E-state index contributed by atoms with van der Waals surface area (Å²) in [5, 5.41) is 0.529. The molecule has 0 radical (unpaired) electrons. The van der Waals surface area contributed by atoms with Gasteiger partial charge in [0.15, 0.2) is 0 Å². The third kappa shape index (κ3) is 1.71. The maximum atomic E-state index is 12.0. The molecule has 16 heavy (non-hydrogen) atoms. The molecule has 1 aromatic heterocycles. The number of fused-ring (bicyclic) bond motifs is 1. The second-order valence-corrected chi connectivity index (χ2v) is 4.88. The number of nitrogen functional groups attached to an aromatic ring is 1. The van der Waals surface area contributed by atoms with Crippen molar-refractivity contribution in [3.05, 3.63) is 38.9 Å². The molecule has 0 unspecified atom stereocenters. The number of hydrogen-bond donors (Lipinski definition) is 1. The van der Waals surface area contributed by atoms with Crippen LogP contribution >= 0.6 is 15.9 Å². The Labute approximate surface area is 101 Å². The number of nitrogens with two attached hydrogens (primary N) is 1. The van der Waals surface area contributed by atoms with E-state index < -0.39 is 0 Å². The fourth-order valence-electron chi connectivity index (χ4n) is 1.60. The van der Waals surface area contributed by atoms with Crippen LogP contribution in [-0.4, -0.2) is 9.66 Å². The van der Waals surface area contributed by atoms with Crippen LogP contribution in [0.2, 0.25) is 0 Å². The Morgan fingerprint density at radius 1 is 1.44 bits per heavy atom. The number of halogens is 1. The van der Waals surface area contributed by atoms with Crippen molar-refractivity contribution in [3.63, 3.8) is 0 Å². The van der Waals surface area contributed by atoms with Gasteiger partial charge in [-0.05, 0) is 18.2 Å². The standard InChI is InChI=1S/C11H12BrN3O/c1-6(2)10-14-9-4-3-7(12)5-8(9)11(16)15(10)13/h3-6H,13H2,1-2H3. The summed E-state index contributed by atoms with van der Waals surface area (Å²) in [7, 11) is 0. The number of benzene rings is 1. The monoisotopic (exact) mass is 281 g/mol. The molecule has 0 bridgehead atoms. The van der Waals surface area contributed by atoms with Crippen LogP contribution < -0.4 is 11.4 Å². The first-order valence-electron chi connectivity index (χ1n) is 4.98. The first kappa shape index (κ1) is 11.1. The maximum absolute atomic E-state index is 12.0. The van der Waals surface area contributed by atoms with Crippen LogP contribution in [0.5, 0.6) is 0 Å². The van der Waals surface area contributed by atoms with Gasteiger partial charge < -0.3 is 5.84 Å². The Balaban J connectivity index is 2.88. The van der Waals surface area contributed by atoms with E-state index >= 15 is 0 Å².